The Morgan fingerprint density at radius 2 is 2.00 bits per heavy atom. The van der Waals surface area contributed by atoms with E-state index in [0.29, 0.717) is 6.07 Å². The van der Waals surface area contributed by atoms with Crippen molar-refractivity contribution in [2.24, 2.45) is 0 Å². The van der Waals surface area contributed by atoms with Crippen molar-refractivity contribution in [1.82, 2.24) is 0 Å². The van der Waals surface area contributed by atoms with E-state index >= 15 is 0 Å². The minimum Gasteiger partial charge on any atom is -0.507 e. The van der Waals surface area contributed by atoms with E-state index in [4.69, 9.17) is 5.11 Å². The Bertz CT molecular complexity index is 450. The van der Waals surface area contributed by atoms with Crippen LogP contribution in [0.4, 0.5) is 13.2 Å². The first kappa shape index (κ1) is 13.1. The van der Waals surface area contributed by atoms with Crippen LogP contribution in [0.2, 0.25) is 0 Å². The number of hydrogen-bond donors (Lipinski definition) is 2. The quantitative estimate of drug-likeness (QED) is 0.862. The van der Waals surface area contributed by atoms with E-state index in [2.05, 4.69) is 0 Å². The molecule has 92 valence electrons. The van der Waals surface area contributed by atoms with Gasteiger partial charge < -0.3 is 10.2 Å². The minimum absolute atomic E-state index is 0.138. The number of aromatic hydroxyl groups is 1. The van der Waals surface area contributed by atoms with Crippen LogP contribution in [0.25, 0.3) is 6.08 Å². The number of alkyl halides is 3. The molecule has 0 atom stereocenters. The first-order chi connectivity index (χ1) is 7.80. The van der Waals surface area contributed by atoms with Gasteiger partial charge in [0, 0.05) is 5.56 Å². The highest BCUT2D eigenvalue weighted by atomic mass is 19.4. The van der Waals surface area contributed by atoms with E-state index in [1.165, 1.54) is 12.2 Å². The highest BCUT2D eigenvalue weighted by molar-refractivity contribution is 5.71. The second-order valence-corrected chi connectivity index (χ2v) is 3.27. The topological polar surface area (TPSA) is 57.5 Å². The van der Waals surface area contributed by atoms with Gasteiger partial charge in [-0.3, -0.25) is 4.79 Å². The molecule has 0 unspecified atom stereocenters. The normalized spacial score (nSPS) is 11.9. The Morgan fingerprint density at radius 1 is 1.35 bits per heavy atom. The zero-order valence-electron chi connectivity index (χ0n) is 8.53. The molecule has 3 nitrogen and oxygen atoms in total. The Labute approximate surface area is 94.8 Å². The van der Waals surface area contributed by atoms with Crippen LogP contribution in [0.5, 0.6) is 5.75 Å². The van der Waals surface area contributed by atoms with Gasteiger partial charge in [0.15, 0.2) is 0 Å². The number of phenolic OH excluding ortho intramolecular Hbond substituents is 1. The van der Waals surface area contributed by atoms with E-state index in [1.54, 1.807) is 0 Å². The van der Waals surface area contributed by atoms with Crippen molar-refractivity contribution in [3.05, 3.63) is 35.4 Å². The number of hydrogen-bond acceptors (Lipinski definition) is 2. The van der Waals surface area contributed by atoms with E-state index in [-0.39, 0.29) is 12.0 Å². The monoisotopic (exact) mass is 246 g/mol. The summed E-state index contributed by atoms with van der Waals surface area (Å²) in [5.74, 6) is -1.60. The second-order valence-electron chi connectivity index (χ2n) is 3.27. The molecule has 0 fully saturated rings. The first-order valence-electron chi connectivity index (χ1n) is 4.59. The molecule has 0 aromatic heterocycles. The fourth-order valence-corrected chi connectivity index (χ4v) is 1.15. The lowest BCUT2D eigenvalue weighted by atomic mass is 10.1. The molecule has 6 heteroatoms. The van der Waals surface area contributed by atoms with Crippen molar-refractivity contribution in [3.8, 4) is 5.75 Å². The maximum absolute atomic E-state index is 12.3. The van der Waals surface area contributed by atoms with Gasteiger partial charge in [0.05, 0.1) is 12.0 Å². The van der Waals surface area contributed by atoms with E-state index in [1.807, 2.05) is 0 Å². The smallest absolute Gasteiger partial charge is 0.416 e. The molecule has 0 aliphatic heterocycles. The third-order valence-electron chi connectivity index (χ3n) is 1.95. The van der Waals surface area contributed by atoms with Gasteiger partial charge in [0.2, 0.25) is 0 Å². The molecule has 0 spiro atoms. The molecule has 0 bridgehead atoms. The summed E-state index contributed by atoms with van der Waals surface area (Å²) < 4.78 is 36.8. The Balaban J connectivity index is 2.91. The Morgan fingerprint density at radius 3 is 2.47 bits per heavy atom. The lowest BCUT2D eigenvalue weighted by Crippen LogP contribution is -2.04. The highest BCUT2D eigenvalue weighted by Crippen LogP contribution is 2.32. The number of aliphatic carboxylic acids is 1. The molecule has 0 amide bonds. The number of carbonyl (C=O) groups is 1. The van der Waals surface area contributed by atoms with Gasteiger partial charge in [0.25, 0.3) is 0 Å². The molecule has 0 saturated carbocycles. The molecule has 1 rings (SSSR count). The SMILES string of the molecule is O=C(O)CC=Cc1ccc(C(F)(F)F)cc1O. The van der Waals surface area contributed by atoms with Crippen molar-refractivity contribution in [1.29, 1.82) is 0 Å². The van der Waals surface area contributed by atoms with Crippen LogP contribution in [0.1, 0.15) is 17.5 Å². The predicted molar refractivity (Wildman–Crippen MR) is 54.4 cm³/mol. The van der Waals surface area contributed by atoms with Crippen LogP contribution in [0.3, 0.4) is 0 Å². The standard InChI is InChI=1S/C11H9F3O3/c12-11(13,14)8-5-4-7(9(15)6-8)2-1-3-10(16)17/h1-2,4-6,15H,3H2,(H,16,17). The fraction of sp³-hybridized carbons (Fsp3) is 0.182. The molecule has 1 aromatic rings. The van der Waals surface area contributed by atoms with E-state index < -0.39 is 23.5 Å². The number of carboxylic acids is 1. The van der Waals surface area contributed by atoms with Crippen LogP contribution >= 0.6 is 0 Å². The summed E-state index contributed by atoms with van der Waals surface area (Å²) in [5.41, 5.74) is -0.815. The van der Waals surface area contributed by atoms with E-state index in [9.17, 15) is 23.1 Å². The van der Waals surface area contributed by atoms with Crippen molar-refractivity contribution >= 4 is 12.0 Å². The van der Waals surface area contributed by atoms with Gasteiger partial charge >= 0.3 is 12.1 Å². The Kier molecular flexibility index (Phi) is 3.77. The third-order valence-corrected chi connectivity index (χ3v) is 1.95. The van der Waals surface area contributed by atoms with Crippen LogP contribution in [-0.4, -0.2) is 16.2 Å². The molecule has 1 aromatic carbocycles. The average molecular weight is 246 g/mol. The molecular formula is C11H9F3O3. The number of rotatable bonds is 3. The molecule has 0 aliphatic rings. The molecular weight excluding hydrogens is 237 g/mol. The zero-order chi connectivity index (χ0) is 13.1. The summed E-state index contributed by atoms with van der Waals surface area (Å²) in [6.07, 6.45) is -2.28. The molecule has 0 saturated heterocycles. The van der Waals surface area contributed by atoms with Crippen molar-refractivity contribution in [2.75, 3.05) is 0 Å². The zero-order valence-corrected chi connectivity index (χ0v) is 8.53. The minimum atomic E-state index is -4.51. The van der Waals surface area contributed by atoms with Gasteiger partial charge in [-0.2, -0.15) is 13.2 Å². The summed E-state index contributed by atoms with van der Waals surface area (Å²) in [5, 5.41) is 17.7. The largest absolute Gasteiger partial charge is 0.507 e. The molecule has 2 N–H and O–H groups in total. The molecule has 17 heavy (non-hydrogen) atoms. The summed E-state index contributed by atoms with van der Waals surface area (Å²) in [6, 6.07) is 2.50. The maximum atomic E-state index is 12.3. The number of halogens is 3. The van der Waals surface area contributed by atoms with Crippen molar-refractivity contribution < 1.29 is 28.2 Å². The maximum Gasteiger partial charge on any atom is 0.416 e. The lowest BCUT2D eigenvalue weighted by Gasteiger charge is -2.07. The summed E-state index contributed by atoms with van der Waals surface area (Å²) in [4.78, 5) is 10.2. The predicted octanol–water partition coefficient (Wildman–Crippen LogP) is 2.90. The van der Waals surface area contributed by atoms with Gasteiger partial charge in [-0.1, -0.05) is 18.2 Å². The highest BCUT2D eigenvalue weighted by Gasteiger charge is 2.30. The van der Waals surface area contributed by atoms with E-state index in [0.717, 1.165) is 12.1 Å². The lowest BCUT2D eigenvalue weighted by molar-refractivity contribution is -0.138. The van der Waals surface area contributed by atoms with Crippen LogP contribution in [0, 0.1) is 0 Å². The summed E-state index contributed by atoms with van der Waals surface area (Å²) in [7, 11) is 0. The fourth-order valence-electron chi connectivity index (χ4n) is 1.15. The first-order valence-corrected chi connectivity index (χ1v) is 4.59. The Hall–Kier alpha value is -1.98. The van der Waals surface area contributed by atoms with Crippen LogP contribution in [-0.2, 0) is 11.0 Å². The van der Waals surface area contributed by atoms with Crippen LogP contribution in [0.15, 0.2) is 24.3 Å². The average Bonchev–Trinajstić information content (AvgIpc) is 2.18. The third kappa shape index (κ3) is 3.82. The van der Waals surface area contributed by atoms with Crippen molar-refractivity contribution in [3.63, 3.8) is 0 Å². The van der Waals surface area contributed by atoms with Gasteiger partial charge in [0.1, 0.15) is 5.75 Å². The molecule has 0 heterocycles. The second kappa shape index (κ2) is 4.90. The molecule has 0 aliphatic carbocycles. The van der Waals surface area contributed by atoms with Crippen LogP contribution < -0.4 is 0 Å². The summed E-state index contributed by atoms with van der Waals surface area (Å²) >= 11 is 0. The number of phenols is 1. The number of benzene rings is 1. The van der Waals surface area contributed by atoms with Gasteiger partial charge in [-0.15, -0.1) is 0 Å². The molecule has 0 radical (unpaired) electrons. The van der Waals surface area contributed by atoms with Gasteiger partial charge in [-0.05, 0) is 12.1 Å². The number of carboxylic acid groups (broad SMARTS) is 1. The van der Waals surface area contributed by atoms with Crippen molar-refractivity contribution in [2.45, 2.75) is 12.6 Å². The summed E-state index contributed by atoms with van der Waals surface area (Å²) in [6.45, 7) is 0. The van der Waals surface area contributed by atoms with Gasteiger partial charge in [-0.25, -0.2) is 0 Å².